The van der Waals surface area contributed by atoms with E-state index in [0.29, 0.717) is 16.6 Å². The summed E-state index contributed by atoms with van der Waals surface area (Å²) >= 11 is 0. The molecule has 10 heteroatoms. The van der Waals surface area contributed by atoms with Crippen LogP contribution in [0.25, 0.3) is 22.3 Å². The largest absolute Gasteiger partial charge is 0.439 e. The van der Waals surface area contributed by atoms with Gasteiger partial charge in [-0.2, -0.15) is 5.10 Å². The third-order valence-corrected chi connectivity index (χ3v) is 4.27. The van der Waals surface area contributed by atoms with Gasteiger partial charge in [-0.15, -0.1) is 0 Å². The Morgan fingerprint density at radius 2 is 1.97 bits per heavy atom. The molecule has 2 amide bonds. The molecule has 4 rings (SSSR count). The van der Waals surface area contributed by atoms with E-state index in [9.17, 15) is 14.4 Å². The number of anilines is 1. The van der Waals surface area contributed by atoms with Crippen LogP contribution in [0.5, 0.6) is 0 Å². The van der Waals surface area contributed by atoms with Crippen molar-refractivity contribution in [2.45, 2.75) is 13.0 Å². The molecule has 0 aliphatic rings. The van der Waals surface area contributed by atoms with E-state index < -0.39 is 23.6 Å². The maximum atomic E-state index is 12.5. The number of amides is 2. The molecular weight excluding hydrogens is 376 g/mol. The number of nitrogens with one attached hydrogen (secondary N) is 4. The zero-order valence-electron chi connectivity index (χ0n) is 15.2. The molecule has 0 fully saturated rings. The van der Waals surface area contributed by atoms with Gasteiger partial charge in [-0.1, -0.05) is 35.5 Å². The molecule has 0 spiro atoms. The molecule has 2 aromatic heterocycles. The summed E-state index contributed by atoms with van der Waals surface area (Å²) in [5, 5.41) is 16.4. The third kappa shape index (κ3) is 3.76. The Kier molecular flexibility index (Phi) is 4.65. The lowest BCUT2D eigenvalue weighted by atomic mass is 10.1. The highest BCUT2D eigenvalue weighted by atomic mass is 16.5. The van der Waals surface area contributed by atoms with Gasteiger partial charge in [0.1, 0.15) is 6.04 Å². The van der Waals surface area contributed by atoms with Gasteiger partial charge >= 0.3 is 5.76 Å². The second-order valence-corrected chi connectivity index (χ2v) is 6.33. The predicted molar refractivity (Wildman–Crippen MR) is 104 cm³/mol. The molecule has 2 heterocycles. The van der Waals surface area contributed by atoms with Crippen molar-refractivity contribution >= 4 is 28.4 Å². The van der Waals surface area contributed by atoms with Crippen LogP contribution in [0.1, 0.15) is 17.4 Å². The van der Waals surface area contributed by atoms with Gasteiger partial charge in [0.15, 0.2) is 11.5 Å². The standard InChI is InChI=1S/C19H16N6O4/c1-10(20-18(27)15-13-7-2-3-8-14(13)23-24-15)17(26)21-12-6-4-5-11(9-12)16-22-19(28)29-25-16/h2-10H,1H3,(H,20,27)(H,21,26)(H,23,24)(H,22,25,28). The first-order chi connectivity index (χ1) is 14.0. The molecule has 146 valence electrons. The minimum atomic E-state index is -0.812. The SMILES string of the molecule is CC(NC(=O)c1n[nH]c2ccccc12)C(=O)Nc1cccc(-c2noc(=O)[nH]2)c1. The zero-order chi connectivity index (χ0) is 20.4. The van der Waals surface area contributed by atoms with Gasteiger partial charge in [0.2, 0.25) is 5.91 Å². The number of rotatable bonds is 5. The van der Waals surface area contributed by atoms with Crippen molar-refractivity contribution in [2.75, 3.05) is 5.32 Å². The zero-order valence-corrected chi connectivity index (χ0v) is 15.2. The van der Waals surface area contributed by atoms with Crippen LogP contribution in [0, 0.1) is 0 Å². The van der Waals surface area contributed by atoms with Gasteiger partial charge in [-0.25, -0.2) is 4.79 Å². The third-order valence-electron chi connectivity index (χ3n) is 4.27. The van der Waals surface area contributed by atoms with E-state index in [1.54, 1.807) is 43.3 Å². The lowest BCUT2D eigenvalue weighted by molar-refractivity contribution is -0.117. The number of carbonyl (C=O) groups is 2. The Morgan fingerprint density at radius 3 is 2.76 bits per heavy atom. The number of nitrogens with zero attached hydrogens (tertiary/aromatic N) is 2. The van der Waals surface area contributed by atoms with Crippen LogP contribution in [0.3, 0.4) is 0 Å². The van der Waals surface area contributed by atoms with Gasteiger partial charge in [0.25, 0.3) is 5.91 Å². The summed E-state index contributed by atoms with van der Waals surface area (Å²) in [6.07, 6.45) is 0. The number of para-hydroxylation sites is 1. The van der Waals surface area contributed by atoms with Crippen LogP contribution < -0.4 is 16.4 Å². The maximum absolute atomic E-state index is 12.5. The van der Waals surface area contributed by atoms with Gasteiger partial charge in [-0.3, -0.25) is 24.2 Å². The molecule has 29 heavy (non-hydrogen) atoms. The van der Waals surface area contributed by atoms with Crippen LogP contribution in [0.15, 0.2) is 57.8 Å². The number of aromatic nitrogens is 4. The summed E-state index contributed by atoms with van der Waals surface area (Å²) in [5.41, 5.74) is 1.99. The van der Waals surface area contributed by atoms with E-state index >= 15 is 0 Å². The normalized spacial score (nSPS) is 11.9. The molecule has 0 aliphatic carbocycles. The van der Waals surface area contributed by atoms with Crippen molar-refractivity contribution in [3.63, 3.8) is 0 Å². The molecule has 0 radical (unpaired) electrons. The Hall–Kier alpha value is -4.21. The molecule has 4 N–H and O–H groups in total. The van der Waals surface area contributed by atoms with E-state index in [0.717, 1.165) is 5.52 Å². The number of carbonyl (C=O) groups excluding carboxylic acids is 2. The molecule has 0 saturated carbocycles. The second kappa shape index (κ2) is 7.43. The number of benzene rings is 2. The monoisotopic (exact) mass is 392 g/mol. The van der Waals surface area contributed by atoms with Gasteiger partial charge in [0.05, 0.1) is 5.52 Å². The van der Waals surface area contributed by atoms with E-state index in [2.05, 4.69) is 35.5 Å². The van der Waals surface area contributed by atoms with Crippen molar-refractivity contribution < 1.29 is 14.1 Å². The average Bonchev–Trinajstić information content (AvgIpc) is 3.34. The van der Waals surface area contributed by atoms with Crippen molar-refractivity contribution in [1.29, 1.82) is 0 Å². The fourth-order valence-electron chi connectivity index (χ4n) is 2.82. The van der Waals surface area contributed by atoms with Crippen molar-refractivity contribution in [3.05, 3.63) is 64.8 Å². The minimum Gasteiger partial charge on any atom is -0.339 e. The lowest BCUT2D eigenvalue weighted by Crippen LogP contribution is -2.41. The molecule has 0 saturated heterocycles. The quantitative estimate of drug-likeness (QED) is 0.406. The summed E-state index contributed by atoms with van der Waals surface area (Å²) < 4.78 is 4.48. The number of H-pyrrole nitrogens is 2. The van der Waals surface area contributed by atoms with Crippen molar-refractivity contribution in [3.8, 4) is 11.4 Å². The summed E-state index contributed by atoms with van der Waals surface area (Å²) in [5.74, 6) is -1.29. The Bertz CT molecular complexity index is 1250. The van der Waals surface area contributed by atoms with Crippen LogP contribution >= 0.6 is 0 Å². The number of hydrogen-bond donors (Lipinski definition) is 4. The first kappa shape index (κ1) is 18.2. The van der Waals surface area contributed by atoms with Crippen molar-refractivity contribution in [1.82, 2.24) is 25.7 Å². The molecule has 0 bridgehead atoms. The maximum Gasteiger partial charge on any atom is 0.439 e. The number of fused-ring (bicyclic) bond motifs is 1. The number of hydrogen-bond acceptors (Lipinski definition) is 6. The Labute approximate surface area is 163 Å². The van der Waals surface area contributed by atoms with Crippen LogP contribution in [-0.2, 0) is 4.79 Å². The summed E-state index contributed by atoms with van der Waals surface area (Å²) in [6, 6.07) is 13.1. The summed E-state index contributed by atoms with van der Waals surface area (Å²) in [7, 11) is 0. The first-order valence-corrected chi connectivity index (χ1v) is 8.72. The highest BCUT2D eigenvalue weighted by molar-refractivity contribution is 6.07. The van der Waals surface area contributed by atoms with E-state index in [-0.39, 0.29) is 11.5 Å². The van der Waals surface area contributed by atoms with Gasteiger partial charge < -0.3 is 10.6 Å². The van der Waals surface area contributed by atoms with E-state index in [4.69, 9.17) is 0 Å². The second-order valence-electron chi connectivity index (χ2n) is 6.33. The average molecular weight is 392 g/mol. The van der Waals surface area contributed by atoms with Crippen LogP contribution in [-0.4, -0.2) is 38.2 Å². The molecule has 1 atom stereocenters. The highest BCUT2D eigenvalue weighted by Crippen LogP contribution is 2.19. The number of aromatic amines is 2. The fourth-order valence-corrected chi connectivity index (χ4v) is 2.82. The molecule has 1 unspecified atom stereocenters. The lowest BCUT2D eigenvalue weighted by Gasteiger charge is -2.14. The molecule has 2 aromatic carbocycles. The molecule has 10 nitrogen and oxygen atoms in total. The van der Waals surface area contributed by atoms with Gasteiger partial charge in [0, 0.05) is 16.6 Å². The summed E-state index contributed by atoms with van der Waals surface area (Å²) in [6.45, 7) is 1.57. The van der Waals surface area contributed by atoms with Gasteiger partial charge in [-0.05, 0) is 25.1 Å². The highest BCUT2D eigenvalue weighted by Gasteiger charge is 2.20. The van der Waals surface area contributed by atoms with Crippen molar-refractivity contribution in [2.24, 2.45) is 0 Å². The fraction of sp³-hybridized carbons (Fsp3) is 0.105. The Balaban J connectivity index is 1.44. The minimum absolute atomic E-state index is 0.220. The van der Waals surface area contributed by atoms with E-state index in [1.807, 2.05) is 12.1 Å². The molecule has 4 aromatic rings. The summed E-state index contributed by atoms with van der Waals surface area (Å²) in [4.78, 5) is 38.5. The molecular formula is C19H16N6O4. The van der Waals surface area contributed by atoms with Crippen LogP contribution in [0.2, 0.25) is 0 Å². The molecule has 0 aliphatic heterocycles. The van der Waals surface area contributed by atoms with Crippen LogP contribution in [0.4, 0.5) is 5.69 Å². The van der Waals surface area contributed by atoms with E-state index in [1.165, 1.54) is 0 Å². The topological polar surface area (TPSA) is 146 Å². The first-order valence-electron chi connectivity index (χ1n) is 8.72. The smallest absolute Gasteiger partial charge is 0.339 e. The Morgan fingerprint density at radius 1 is 1.14 bits per heavy atom. The predicted octanol–water partition coefficient (Wildman–Crippen LogP) is 1.66.